The third-order valence-corrected chi connectivity index (χ3v) is 3.47. The van der Waals surface area contributed by atoms with Crippen LogP contribution in [0.25, 0.3) is 0 Å². The molecule has 1 rings (SSSR count). The zero-order valence-electron chi connectivity index (χ0n) is 7.68. The number of methoxy groups -OCH3 is 1. The lowest BCUT2D eigenvalue weighted by molar-refractivity contribution is 0.0585. The van der Waals surface area contributed by atoms with Crippen molar-refractivity contribution in [2.45, 2.75) is 5.03 Å². The van der Waals surface area contributed by atoms with Gasteiger partial charge in [0.05, 0.1) is 7.11 Å². The monoisotopic (exact) mass is 250 g/mol. The van der Waals surface area contributed by atoms with Gasteiger partial charge in [0.25, 0.3) is 0 Å². The van der Waals surface area contributed by atoms with Gasteiger partial charge in [-0.25, -0.2) is 23.2 Å². The molecule has 0 N–H and O–H groups in total. The molecule has 0 aromatic carbocycles. The Balaban J connectivity index is 3.20. The van der Waals surface area contributed by atoms with Crippen LogP contribution in [-0.2, 0) is 14.6 Å². The van der Waals surface area contributed by atoms with Crippen molar-refractivity contribution in [2.24, 2.45) is 0 Å². The van der Waals surface area contributed by atoms with Gasteiger partial charge in [0.15, 0.2) is 5.03 Å². The van der Waals surface area contributed by atoms with E-state index in [9.17, 15) is 13.2 Å². The van der Waals surface area contributed by atoms with Crippen LogP contribution in [0.2, 0.25) is 0 Å². The number of alkyl halides is 1. The first-order valence-corrected chi connectivity index (χ1v) is 5.90. The number of hydrogen-bond donors (Lipinski definition) is 0. The van der Waals surface area contributed by atoms with E-state index in [1.807, 2.05) is 0 Å². The molecule has 0 bridgehead atoms. The number of aromatic nitrogens is 2. The number of ether oxygens (including phenoxy) is 1. The van der Waals surface area contributed by atoms with Gasteiger partial charge in [-0.3, -0.25) is 0 Å². The van der Waals surface area contributed by atoms with E-state index in [2.05, 4.69) is 14.7 Å². The minimum absolute atomic E-state index is 0.298. The standard InChI is InChI=1S/C7H7ClN2O4S/c1-14-7(11)6-9-3-2-5(10-6)15(12,13)4-8/h2-3H,4H2,1H3. The first kappa shape index (κ1) is 11.9. The number of nitrogens with zero attached hydrogens (tertiary/aromatic N) is 2. The molecule has 8 heteroatoms. The summed E-state index contributed by atoms with van der Waals surface area (Å²) in [6, 6.07) is 1.16. The van der Waals surface area contributed by atoms with Gasteiger partial charge in [-0.2, -0.15) is 0 Å². The van der Waals surface area contributed by atoms with Crippen molar-refractivity contribution in [1.82, 2.24) is 9.97 Å². The second-order valence-corrected chi connectivity index (χ2v) is 4.95. The van der Waals surface area contributed by atoms with Crippen LogP contribution in [0.15, 0.2) is 17.3 Å². The molecule has 1 aromatic heterocycles. The maximum absolute atomic E-state index is 11.3. The Bertz CT molecular complexity index is 474. The maximum atomic E-state index is 11.3. The number of sulfone groups is 1. The third kappa shape index (κ3) is 2.63. The molecule has 0 saturated carbocycles. The highest BCUT2D eigenvalue weighted by Gasteiger charge is 2.18. The summed E-state index contributed by atoms with van der Waals surface area (Å²) in [7, 11) is -2.51. The topological polar surface area (TPSA) is 86.2 Å². The first-order chi connectivity index (χ1) is 7.01. The van der Waals surface area contributed by atoms with Gasteiger partial charge in [0.1, 0.15) is 5.21 Å². The summed E-state index contributed by atoms with van der Waals surface area (Å²) < 4.78 is 26.9. The van der Waals surface area contributed by atoms with Gasteiger partial charge in [-0.05, 0) is 6.07 Å². The minimum atomic E-state index is -3.66. The summed E-state index contributed by atoms with van der Waals surface area (Å²) in [6.07, 6.45) is 1.15. The number of carbonyl (C=O) groups is 1. The maximum Gasteiger partial charge on any atom is 0.376 e. The minimum Gasteiger partial charge on any atom is -0.463 e. The molecule has 0 aliphatic carbocycles. The molecule has 0 amide bonds. The van der Waals surface area contributed by atoms with Crippen LogP contribution in [0.1, 0.15) is 10.6 Å². The zero-order chi connectivity index (χ0) is 11.5. The fraction of sp³-hybridized carbons (Fsp3) is 0.286. The van der Waals surface area contributed by atoms with E-state index >= 15 is 0 Å². The van der Waals surface area contributed by atoms with Gasteiger partial charge >= 0.3 is 5.97 Å². The number of halogens is 1. The van der Waals surface area contributed by atoms with Crippen LogP contribution in [0, 0.1) is 0 Å². The normalized spacial score (nSPS) is 11.1. The molecule has 0 spiro atoms. The molecular weight excluding hydrogens is 244 g/mol. The summed E-state index contributed by atoms with van der Waals surface area (Å²) in [5.41, 5.74) is 0. The molecular formula is C7H7ClN2O4S. The lowest BCUT2D eigenvalue weighted by Gasteiger charge is -2.00. The van der Waals surface area contributed by atoms with Gasteiger partial charge in [-0.15, -0.1) is 11.6 Å². The van der Waals surface area contributed by atoms with Crippen LogP contribution in [0.4, 0.5) is 0 Å². The van der Waals surface area contributed by atoms with Gasteiger partial charge in [0, 0.05) is 6.20 Å². The van der Waals surface area contributed by atoms with Crippen molar-refractivity contribution >= 4 is 27.4 Å². The summed E-state index contributed by atoms with van der Waals surface area (Å²) in [5, 5.41) is -0.905. The van der Waals surface area contributed by atoms with Crippen LogP contribution in [0.3, 0.4) is 0 Å². The Kier molecular flexibility index (Phi) is 3.59. The van der Waals surface area contributed by atoms with E-state index in [0.717, 1.165) is 19.4 Å². The van der Waals surface area contributed by atoms with Crippen molar-refractivity contribution < 1.29 is 17.9 Å². The fourth-order valence-electron chi connectivity index (χ4n) is 0.761. The van der Waals surface area contributed by atoms with E-state index in [1.54, 1.807) is 0 Å². The number of rotatable bonds is 3. The molecule has 0 saturated heterocycles. The highest BCUT2D eigenvalue weighted by molar-refractivity contribution is 7.92. The van der Waals surface area contributed by atoms with Gasteiger partial charge in [-0.1, -0.05) is 0 Å². The Labute approximate surface area is 91.2 Å². The predicted octanol–water partition coefficient (Wildman–Crippen LogP) is 0.233. The first-order valence-electron chi connectivity index (χ1n) is 3.71. The Morgan fingerprint density at radius 2 is 2.27 bits per heavy atom. The molecule has 0 atom stereocenters. The van der Waals surface area contributed by atoms with Crippen molar-refractivity contribution in [3.05, 3.63) is 18.1 Å². The molecule has 0 aliphatic rings. The zero-order valence-corrected chi connectivity index (χ0v) is 9.25. The average molecular weight is 251 g/mol. The molecule has 1 heterocycles. The average Bonchev–Trinajstić information content (AvgIpc) is 2.28. The molecule has 0 radical (unpaired) electrons. The van der Waals surface area contributed by atoms with Gasteiger partial charge < -0.3 is 4.74 Å². The summed E-state index contributed by atoms with van der Waals surface area (Å²) in [4.78, 5) is 18.1. The number of carbonyl (C=O) groups excluding carboxylic acids is 1. The van der Waals surface area contributed by atoms with Crippen LogP contribution >= 0.6 is 11.6 Å². The lowest BCUT2D eigenvalue weighted by Crippen LogP contribution is -2.12. The largest absolute Gasteiger partial charge is 0.463 e. The highest BCUT2D eigenvalue weighted by Crippen LogP contribution is 2.08. The molecule has 15 heavy (non-hydrogen) atoms. The van der Waals surface area contributed by atoms with Crippen molar-refractivity contribution in [2.75, 3.05) is 12.3 Å². The predicted molar refractivity (Wildman–Crippen MR) is 51.3 cm³/mol. The van der Waals surface area contributed by atoms with Crippen LogP contribution in [0.5, 0.6) is 0 Å². The summed E-state index contributed by atoms with van der Waals surface area (Å²) in [6.45, 7) is 0. The SMILES string of the molecule is COC(=O)c1nccc(S(=O)(=O)CCl)n1. The molecule has 0 unspecified atom stereocenters. The van der Waals surface area contributed by atoms with E-state index in [4.69, 9.17) is 11.6 Å². The number of esters is 1. The van der Waals surface area contributed by atoms with E-state index < -0.39 is 21.0 Å². The van der Waals surface area contributed by atoms with Gasteiger partial charge in [0.2, 0.25) is 15.7 Å². The summed E-state index contributed by atoms with van der Waals surface area (Å²) in [5.74, 6) is -1.12. The molecule has 0 aliphatic heterocycles. The lowest BCUT2D eigenvalue weighted by atomic mass is 10.5. The fourth-order valence-corrected chi connectivity index (χ4v) is 1.70. The third-order valence-electron chi connectivity index (χ3n) is 1.46. The smallest absolute Gasteiger partial charge is 0.376 e. The second-order valence-electron chi connectivity index (χ2n) is 2.43. The Morgan fingerprint density at radius 1 is 1.60 bits per heavy atom. The summed E-state index contributed by atoms with van der Waals surface area (Å²) >= 11 is 5.23. The van der Waals surface area contributed by atoms with E-state index in [-0.39, 0.29) is 10.9 Å². The Hall–Kier alpha value is -1.21. The van der Waals surface area contributed by atoms with E-state index in [0.29, 0.717) is 0 Å². The highest BCUT2D eigenvalue weighted by atomic mass is 35.5. The van der Waals surface area contributed by atoms with Crippen molar-refractivity contribution in [3.63, 3.8) is 0 Å². The van der Waals surface area contributed by atoms with Crippen molar-refractivity contribution in [1.29, 1.82) is 0 Å². The second kappa shape index (κ2) is 4.54. The Morgan fingerprint density at radius 3 is 2.80 bits per heavy atom. The molecule has 1 aromatic rings. The molecule has 6 nitrogen and oxygen atoms in total. The van der Waals surface area contributed by atoms with Crippen LogP contribution < -0.4 is 0 Å². The molecule has 0 fully saturated rings. The molecule has 82 valence electrons. The van der Waals surface area contributed by atoms with Crippen LogP contribution in [-0.4, -0.2) is 36.7 Å². The van der Waals surface area contributed by atoms with Crippen molar-refractivity contribution in [3.8, 4) is 0 Å². The number of hydrogen-bond acceptors (Lipinski definition) is 6. The quantitative estimate of drug-likeness (QED) is 0.434. The van der Waals surface area contributed by atoms with E-state index in [1.165, 1.54) is 0 Å².